The Labute approximate surface area is 181 Å². The van der Waals surface area contributed by atoms with Crippen molar-refractivity contribution in [1.29, 1.82) is 0 Å². The van der Waals surface area contributed by atoms with Crippen LogP contribution in [-0.2, 0) is 6.54 Å². The Kier molecular flexibility index (Phi) is 5.42. The molecule has 1 amide bonds. The van der Waals surface area contributed by atoms with E-state index in [1.54, 1.807) is 24.5 Å². The van der Waals surface area contributed by atoms with Crippen molar-refractivity contribution in [3.8, 4) is 11.1 Å². The lowest BCUT2D eigenvalue weighted by molar-refractivity contribution is 0.102. The molecule has 0 aliphatic carbocycles. The number of anilines is 1. The number of nitrogens with one attached hydrogen (secondary N) is 1. The lowest BCUT2D eigenvalue weighted by Gasteiger charge is -2.15. The predicted molar refractivity (Wildman–Crippen MR) is 124 cm³/mol. The first-order valence-corrected chi connectivity index (χ1v) is 10.7. The smallest absolute Gasteiger partial charge is 0.274 e. The first-order chi connectivity index (χ1) is 15.3. The summed E-state index contributed by atoms with van der Waals surface area (Å²) in [6.45, 7) is 3.33. The highest BCUT2D eigenvalue weighted by molar-refractivity contribution is 6.05. The maximum Gasteiger partial charge on any atom is 0.274 e. The first kappa shape index (κ1) is 19.4. The zero-order valence-electron chi connectivity index (χ0n) is 17.3. The van der Waals surface area contributed by atoms with Crippen molar-refractivity contribution in [2.45, 2.75) is 19.4 Å². The molecule has 1 N–H and O–H groups in total. The summed E-state index contributed by atoms with van der Waals surface area (Å²) in [6.07, 6.45) is 5.87. The molecule has 0 unspecified atom stereocenters. The molecule has 2 aromatic heterocycles. The van der Waals surface area contributed by atoms with Gasteiger partial charge < -0.3 is 5.32 Å². The Hall–Kier alpha value is -3.57. The van der Waals surface area contributed by atoms with Gasteiger partial charge in [-0.25, -0.2) is 4.98 Å². The van der Waals surface area contributed by atoms with Crippen LogP contribution in [-0.4, -0.2) is 33.9 Å². The normalized spacial score (nSPS) is 14.1. The summed E-state index contributed by atoms with van der Waals surface area (Å²) in [5, 5.41) is 3.88. The largest absolute Gasteiger partial charge is 0.319 e. The third kappa shape index (κ3) is 4.32. The van der Waals surface area contributed by atoms with E-state index in [4.69, 9.17) is 4.98 Å². The minimum absolute atomic E-state index is 0.243. The molecular weight excluding hydrogens is 384 g/mol. The summed E-state index contributed by atoms with van der Waals surface area (Å²) in [4.78, 5) is 24.0. The average molecular weight is 409 g/mol. The lowest BCUT2D eigenvalue weighted by Crippen LogP contribution is -2.18. The minimum Gasteiger partial charge on any atom is -0.319 e. The van der Waals surface area contributed by atoms with Gasteiger partial charge in [0.2, 0.25) is 0 Å². The Morgan fingerprint density at radius 2 is 1.84 bits per heavy atom. The zero-order chi connectivity index (χ0) is 21.0. The highest BCUT2D eigenvalue weighted by Crippen LogP contribution is 2.29. The molecule has 0 atom stereocenters. The van der Waals surface area contributed by atoms with Gasteiger partial charge in [0.05, 0.1) is 17.4 Å². The molecular formula is C26H24N4O. The first-order valence-electron chi connectivity index (χ1n) is 10.7. The summed E-state index contributed by atoms with van der Waals surface area (Å²) in [5.41, 5.74) is 5.34. The van der Waals surface area contributed by atoms with Gasteiger partial charge in [0, 0.05) is 23.7 Å². The molecule has 0 spiro atoms. The van der Waals surface area contributed by atoms with Gasteiger partial charge >= 0.3 is 0 Å². The Morgan fingerprint density at radius 1 is 0.968 bits per heavy atom. The highest BCUT2D eigenvalue weighted by atomic mass is 16.1. The lowest BCUT2D eigenvalue weighted by atomic mass is 9.99. The Balaban J connectivity index is 1.48. The number of aromatic nitrogens is 2. The van der Waals surface area contributed by atoms with Crippen LogP contribution in [0.4, 0.5) is 5.69 Å². The fourth-order valence-corrected chi connectivity index (χ4v) is 4.17. The van der Waals surface area contributed by atoms with Crippen molar-refractivity contribution in [3.63, 3.8) is 0 Å². The quantitative estimate of drug-likeness (QED) is 0.496. The molecule has 5 rings (SSSR count). The molecule has 31 heavy (non-hydrogen) atoms. The van der Waals surface area contributed by atoms with E-state index in [0.29, 0.717) is 11.4 Å². The van der Waals surface area contributed by atoms with E-state index < -0.39 is 0 Å². The van der Waals surface area contributed by atoms with E-state index in [-0.39, 0.29) is 5.91 Å². The number of amides is 1. The monoisotopic (exact) mass is 408 g/mol. The maximum atomic E-state index is 12.7. The third-order valence-electron chi connectivity index (χ3n) is 5.72. The molecule has 1 saturated heterocycles. The van der Waals surface area contributed by atoms with E-state index in [0.717, 1.165) is 28.6 Å². The SMILES string of the molecule is O=C(Nc1cccnc1)c1ccc2cccc(-c3cccc(CN4CCCC4)c3)c2n1. The number of benzene rings is 2. The van der Waals surface area contributed by atoms with Crippen LogP contribution >= 0.6 is 0 Å². The number of nitrogens with zero attached hydrogens (tertiary/aromatic N) is 3. The van der Waals surface area contributed by atoms with E-state index in [1.165, 1.54) is 31.5 Å². The molecule has 2 aromatic carbocycles. The minimum atomic E-state index is -0.243. The van der Waals surface area contributed by atoms with Crippen LogP contribution in [0, 0.1) is 0 Å². The standard InChI is InChI=1S/C26H24N4O/c31-26(28-22-9-5-13-27-17-22)24-12-11-20-7-4-10-23(25(20)29-24)21-8-3-6-19(16-21)18-30-14-1-2-15-30/h3-13,16-17H,1-2,14-15,18H2,(H,28,31). The van der Waals surface area contributed by atoms with Gasteiger partial charge in [-0.05, 0) is 61.3 Å². The van der Waals surface area contributed by atoms with Crippen molar-refractivity contribution in [3.05, 3.63) is 90.4 Å². The molecule has 1 fully saturated rings. The third-order valence-corrected chi connectivity index (χ3v) is 5.72. The second-order valence-corrected chi connectivity index (χ2v) is 7.95. The summed E-state index contributed by atoms with van der Waals surface area (Å²) < 4.78 is 0. The van der Waals surface area contributed by atoms with E-state index in [2.05, 4.69) is 45.5 Å². The number of rotatable bonds is 5. The molecule has 0 radical (unpaired) electrons. The van der Waals surface area contributed by atoms with Crippen molar-refractivity contribution in [1.82, 2.24) is 14.9 Å². The number of para-hydroxylation sites is 1. The number of fused-ring (bicyclic) bond motifs is 1. The highest BCUT2D eigenvalue weighted by Gasteiger charge is 2.14. The molecule has 0 bridgehead atoms. The molecule has 3 heterocycles. The van der Waals surface area contributed by atoms with Crippen molar-refractivity contribution >= 4 is 22.5 Å². The summed E-state index contributed by atoms with van der Waals surface area (Å²) in [6, 6.07) is 22.1. The van der Waals surface area contributed by atoms with Gasteiger partial charge in [-0.15, -0.1) is 0 Å². The van der Waals surface area contributed by atoms with Crippen LogP contribution in [0.5, 0.6) is 0 Å². The maximum absolute atomic E-state index is 12.7. The molecule has 4 aromatic rings. The van der Waals surface area contributed by atoms with Gasteiger partial charge in [0.1, 0.15) is 5.69 Å². The van der Waals surface area contributed by atoms with Crippen molar-refractivity contribution in [2.24, 2.45) is 0 Å². The fraction of sp³-hybridized carbons (Fsp3) is 0.192. The molecule has 154 valence electrons. The fourth-order valence-electron chi connectivity index (χ4n) is 4.17. The summed E-state index contributed by atoms with van der Waals surface area (Å²) >= 11 is 0. The van der Waals surface area contributed by atoms with Crippen LogP contribution in [0.25, 0.3) is 22.0 Å². The zero-order valence-corrected chi connectivity index (χ0v) is 17.3. The van der Waals surface area contributed by atoms with Crippen LogP contribution in [0.3, 0.4) is 0 Å². The number of hydrogen-bond donors (Lipinski definition) is 1. The molecule has 5 heteroatoms. The second kappa shape index (κ2) is 8.66. The Morgan fingerprint density at radius 3 is 2.68 bits per heavy atom. The van der Waals surface area contributed by atoms with Crippen molar-refractivity contribution in [2.75, 3.05) is 18.4 Å². The molecule has 1 aliphatic rings. The van der Waals surface area contributed by atoms with Crippen molar-refractivity contribution < 1.29 is 4.79 Å². The average Bonchev–Trinajstić information content (AvgIpc) is 3.32. The van der Waals surface area contributed by atoms with Gasteiger partial charge in [-0.1, -0.05) is 42.5 Å². The number of pyridine rings is 2. The van der Waals surface area contributed by atoms with Crippen LogP contribution in [0.1, 0.15) is 28.9 Å². The van der Waals surface area contributed by atoms with Gasteiger partial charge in [-0.3, -0.25) is 14.7 Å². The number of likely N-dealkylation sites (tertiary alicyclic amines) is 1. The molecule has 0 saturated carbocycles. The number of carbonyl (C=O) groups is 1. The van der Waals surface area contributed by atoms with Crippen LogP contribution in [0.15, 0.2) is 79.1 Å². The predicted octanol–water partition coefficient (Wildman–Crippen LogP) is 5.14. The number of hydrogen-bond acceptors (Lipinski definition) is 4. The second-order valence-electron chi connectivity index (χ2n) is 7.95. The summed E-state index contributed by atoms with van der Waals surface area (Å²) in [7, 11) is 0. The van der Waals surface area contributed by atoms with Crippen LogP contribution in [0.2, 0.25) is 0 Å². The van der Waals surface area contributed by atoms with Gasteiger partial charge in [0.15, 0.2) is 0 Å². The topological polar surface area (TPSA) is 58.1 Å². The van der Waals surface area contributed by atoms with E-state index in [1.807, 2.05) is 24.3 Å². The van der Waals surface area contributed by atoms with Gasteiger partial charge in [-0.2, -0.15) is 0 Å². The summed E-state index contributed by atoms with van der Waals surface area (Å²) in [5.74, 6) is -0.243. The van der Waals surface area contributed by atoms with E-state index in [9.17, 15) is 4.79 Å². The number of carbonyl (C=O) groups excluding carboxylic acids is 1. The van der Waals surface area contributed by atoms with E-state index >= 15 is 0 Å². The van der Waals surface area contributed by atoms with Crippen LogP contribution < -0.4 is 5.32 Å². The molecule has 1 aliphatic heterocycles. The molecule has 5 nitrogen and oxygen atoms in total. The Bertz CT molecular complexity index is 1220. The van der Waals surface area contributed by atoms with Gasteiger partial charge in [0.25, 0.3) is 5.91 Å².